The molecule has 0 atom stereocenters. The van der Waals surface area contributed by atoms with Crippen LogP contribution in [0.1, 0.15) is 5.56 Å². The largest absolute Gasteiger partial charge is 0.489 e. The molecule has 0 saturated carbocycles. The first-order chi connectivity index (χ1) is 7.75. The monoisotopic (exact) mass is 252 g/mol. The van der Waals surface area contributed by atoms with Gasteiger partial charge in [-0.05, 0) is 17.7 Å². The summed E-state index contributed by atoms with van der Waals surface area (Å²) in [6.07, 6.45) is 0. The highest BCUT2D eigenvalue weighted by atomic mass is 35.5. The number of benzene rings is 2. The molecule has 0 aromatic heterocycles. The van der Waals surface area contributed by atoms with E-state index in [-0.39, 0.29) is 0 Å². The molecule has 2 aromatic rings. The highest BCUT2D eigenvalue weighted by molar-refractivity contribution is 6.42. The van der Waals surface area contributed by atoms with E-state index in [4.69, 9.17) is 27.9 Å². The van der Waals surface area contributed by atoms with E-state index in [1.54, 1.807) is 18.2 Å². The molecule has 0 bridgehead atoms. The van der Waals surface area contributed by atoms with Crippen LogP contribution in [0.4, 0.5) is 0 Å². The molecule has 0 radical (unpaired) electrons. The minimum absolute atomic E-state index is 0.507. The van der Waals surface area contributed by atoms with Gasteiger partial charge in [0.25, 0.3) is 0 Å². The third kappa shape index (κ3) is 2.91. The van der Waals surface area contributed by atoms with Crippen molar-refractivity contribution in [1.82, 2.24) is 0 Å². The van der Waals surface area contributed by atoms with Crippen molar-refractivity contribution in [2.75, 3.05) is 0 Å². The first-order valence-corrected chi connectivity index (χ1v) is 5.63. The van der Waals surface area contributed by atoms with Crippen LogP contribution in [0.25, 0.3) is 0 Å². The minimum atomic E-state index is 0.507. The van der Waals surface area contributed by atoms with Gasteiger partial charge in [0.1, 0.15) is 12.4 Å². The number of hydrogen-bond donors (Lipinski definition) is 0. The summed E-state index contributed by atoms with van der Waals surface area (Å²) in [6, 6.07) is 15.2. The molecule has 0 amide bonds. The molecular formula is C13H10Cl2O. The predicted octanol–water partition coefficient (Wildman–Crippen LogP) is 4.57. The smallest absolute Gasteiger partial charge is 0.121 e. The van der Waals surface area contributed by atoms with Crippen molar-refractivity contribution in [2.24, 2.45) is 0 Å². The van der Waals surface area contributed by atoms with E-state index >= 15 is 0 Å². The lowest BCUT2D eigenvalue weighted by molar-refractivity contribution is 0.306. The average Bonchev–Trinajstić information content (AvgIpc) is 2.32. The Kier molecular flexibility index (Phi) is 3.70. The molecule has 0 saturated heterocycles. The zero-order valence-electron chi connectivity index (χ0n) is 8.49. The Balaban J connectivity index is 2.03. The van der Waals surface area contributed by atoms with Crippen LogP contribution in [-0.4, -0.2) is 0 Å². The Hall–Kier alpha value is -1.18. The van der Waals surface area contributed by atoms with E-state index in [0.717, 1.165) is 11.3 Å². The van der Waals surface area contributed by atoms with Crippen molar-refractivity contribution in [3.63, 3.8) is 0 Å². The molecule has 2 aromatic carbocycles. The fourth-order valence-electron chi connectivity index (χ4n) is 1.31. The van der Waals surface area contributed by atoms with Crippen LogP contribution in [0.5, 0.6) is 5.75 Å². The maximum Gasteiger partial charge on any atom is 0.121 e. The molecule has 0 N–H and O–H groups in total. The Morgan fingerprint density at radius 1 is 0.875 bits per heavy atom. The zero-order chi connectivity index (χ0) is 11.4. The summed E-state index contributed by atoms with van der Waals surface area (Å²) in [5.41, 5.74) is 1.12. The molecule has 2 rings (SSSR count). The molecule has 0 aliphatic carbocycles. The van der Waals surface area contributed by atoms with Gasteiger partial charge in [-0.1, -0.05) is 53.5 Å². The SMILES string of the molecule is Clc1ccc(OCc2ccccc2)cc1Cl. The molecular weight excluding hydrogens is 243 g/mol. The first-order valence-electron chi connectivity index (χ1n) is 4.87. The molecule has 0 fully saturated rings. The lowest BCUT2D eigenvalue weighted by Crippen LogP contribution is -1.94. The first kappa shape index (κ1) is 11.3. The number of rotatable bonds is 3. The number of halogens is 2. The van der Waals surface area contributed by atoms with Gasteiger partial charge in [-0.3, -0.25) is 0 Å². The van der Waals surface area contributed by atoms with Gasteiger partial charge in [-0.25, -0.2) is 0 Å². The van der Waals surface area contributed by atoms with E-state index in [2.05, 4.69) is 0 Å². The minimum Gasteiger partial charge on any atom is -0.489 e. The fraction of sp³-hybridized carbons (Fsp3) is 0.0769. The van der Waals surface area contributed by atoms with Gasteiger partial charge >= 0.3 is 0 Å². The maximum atomic E-state index is 5.88. The lowest BCUT2D eigenvalue weighted by Gasteiger charge is -2.06. The number of hydrogen-bond acceptors (Lipinski definition) is 1. The molecule has 82 valence electrons. The van der Waals surface area contributed by atoms with Gasteiger partial charge in [0.15, 0.2) is 0 Å². The summed E-state index contributed by atoms with van der Waals surface area (Å²) in [7, 11) is 0. The summed E-state index contributed by atoms with van der Waals surface area (Å²) in [5.74, 6) is 0.721. The molecule has 1 nitrogen and oxygen atoms in total. The Bertz CT molecular complexity index is 469. The van der Waals surface area contributed by atoms with Crippen molar-refractivity contribution in [1.29, 1.82) is 0 Å². The van der Waals surface area contributed by atoms with Gasteiger partial charge in [-0.15, -0.1) is 0 Å². The third-order valence-corrected chi connectivity index (χ3v) is 2.88. The van der Waals surface area contributed by atoms with Crippen molar-refractivity contribution >= 4 is 23.2 Å². The Labute approximate surface area is 105 Å². The van der Waals surface area contributed by atoms with Crippen LogP contribution < -0.4 is 4.74 Å². The van der Waals surface area contributed by atoms with Crippen LogP contribution in [0, 0.1) is 0 Å². The van der Waals surface area contributed by atoms with Crippen molar-refractivity contribution in [2.45, 2.75) is 6.61 Å². The predicted molar refractivity (Wildman–Crippen MR) is 67.2 cm³/mol. The Morgan fingerprint density at radius 3 is 2.31 bits per heavy atom. The van der Waals surface area contributed by atoms with Gasteiger partial charge < -0.3 is 4.74 Å². The standard InChI is InChI=1S/C13H10Cl2O/c14-12-7-6-11(8-13(12)15)16-9-10-4-2-1-3-5-10/h1-8H,9H2. The van der Waals surface area contributed by atoms with Crippen LogP contribution >= 0.6 is 23.2 Å². The zero-order valence-corrected chi connectivity index (χ0v) is 10.0. The summed E-state index contributed by atoms with van der Waals surface area (Å²) in [5, 5.41) is 1.04. The quantitative estimate of drug-likeness (QED) is 0.778. The van der Waals surface area contributed by atoms with Crippen LogP contribution in [0.15, 0.2) is 48.5 Å². The molecule has 0 heterocycles. The highest BCUT2D eigenvalue weighted by Gasteiger charge is 2.00. The third-order valence-electron chi connectivity index (χ3n) is 2.14. The van der Waals surface area contributed by atoms with E-state index in [9.17, 15) is 0 Å². The van der Waals surface area contributed by atoms with Crippen molar-refractivity contribution < 1.29 is 4.74 Å². The molecule has 0 spiro atoms. The number of ether oxygens (including phenoxy) is 1. The normalized spacial score (nSPS) is 10.1. The molecule has 0 aliphatic rings. The lowest BCUT2D eigenvalue weighted by atomic mass is 10.2. The van der Waals surface area contributed by atoms with E-state index in [1.807, 2.05) is 30.3 Å². The second-order valence-electron chi connectivity index (χ2n) is 3.35. The molecule has 0 unspecified atom stereocenters. The summed E-state index contributed by atoms with van der Waals surface area (Å²) >= 11 is 11.7. The van der Waals surface area contributed by atoms with Crippen LogP contribution in [-0.2, 0) is 6.61 Å². The topological polar surface area (TPSA) is 9.23 Å². The fourth-order valence-corrected chi connectivity index (χ4v) is 1.60. The second kappa shape index (κ2) is 5.24. The van der Waals surface area contributed by atoms with Crippen LogP contribution in [0.3, 0.4) is 0 Å². The van der Waals surface area contributed by atoms with Gasteiger partial charge in [0, 0.05) is 6.07 Å². The van der Waals surface area contributed by atoms with Gasteiger partial charge in [0.2, 0.25) is 0 Å². The van der Waals surface area contributed by atoms with E-state index in [0.29, 0.717) is 16.7 Å². The molecule has 16 heavy (non-hydrogen) atoms. The van der Waals surface area contributed by atoms with Gasteiger partial charge in [0.05, 0.1) is 10.0 Å². The highest BCUT2D eigenvalue weighted by Crippen LogP contribution is 2.26. The maximum absolute atomic E-state index is 5.88. The Morgan fingerprint density at radius 2 is 1.62 bits per heavy atom. The van der Waals surface area contributed by atoms with Crippen molar-refractivity contribution in [3.8, 4) is 5.75 Å². The van der Waals surface area contributed by atoms with E-state index in [1.165, 1.54) is 0 Å². The molecule has 0 aliphatic heterocycles. The molecule has 3 heteroatoms. The van der Waals surface area contributed by atoms with Crippen molar-refractivity contribution in [3.05, 3.63) is 64.1 Å². The van der Waals surface area contributed by atoms with E-state index < -0.39 is 0 Å². The summed E-state index contributed by atoms with van der Waals surface area (Å²) < 4.78 is 5.58. The van der Waals surface area contributed by atoms with Gasteiger partial charge in [-0.2, -0.15) is 0 Å². The summed E-state index contributed by atoms with van der Waals surface area (Å²) in [6.45, 7) is 0.527. The van der Waals surface area contributed by atoms with Crippen LogP contribution in [0.2, 0.25) is 10.0 Å². The summed E-state index contributed by atoms with van der Waals surface area (Å²) in [4.78, 5) is 0. The average molecular weight is 253 g/mol. The second-order valence-corrected chi connectivity index (χ2v) is 4.16.